The first-order chi connectivity index (χ1) is 7.58. The third kappa shape index (κ3) is 1.89. The second-order valence-electron chi connectivity index (χ2n) is 4.08. The molecule has 0 saturated carbocycles. The number of nitrogen functional groups attached to an aromatic ring is 1. The van der Waals surface area contributed by atoms with Gasteiger partial charge in [0.15, 0.2) is 5.82 Å². The van der Waals surface area contributed by atoms with Crippen LogP contribution < -0.4 is 5.73 Å². The molecule has 0 aliphatic carbocycles. The topological polar surface area (TPSA) is 51.8 Å². The highest BCUT2D eigenvalue weighted by Crippen LogP contribution is 2.25. The molecule has 0 aliphatic rings. The van der Waals surface area contributed by atoms with Crippen LogP contribution in [0, 0.1) is 20.8 Å². The van der Waals surface area contributed by atoms with Gasteiger partial charge < -0.3 is 5.73 Å². The van der Waals surface area contributed by atoms with Gasteiger partial charge in [-0.05, 0) is 38.0 Å². The summed E-state index contributed by atoms with van der Waals surface area (Å²) in [7, 11) is 0. The molecule has 0 saturated heterocycles. The Labute approximate surface area is 95.4 Å². The lowest BCUT2D eigenvalue weighted by Crippen LogP contribution is -1.98. The van der Waals surface area contributed by atoms with E-state index in [2.05, 4.69) is 42.9 Å². The molecule has 0 aliphatic heterocycles. The molecule has 0 fully saturated rings. The molecule has 0 bridgehead atoms. The first kappa shape index (κ1) is 10.6. The lowest BCUT2D eigenvalue weighted by molar-refractivity contribution is 1.16. The number of rotatable bonds is 1. The van der Waals surface area contributed by atoms with Crippen LogP contribution in [0.1, 0.15) is 16.7 Å². The van der Waals surface area contributed by atoms with Crippen molar-refractivity contribution in [2.75, 3.05) is 5.73 Å². The smallest absolute Gasteiger partial charge is 0.162 e. The Morgan fingerprint density at radius 1 is 1.06 bits per heavy atom. The zero-order valence-electron chi connectivity index (χ0n) is 9.78. The minimum Gasteiger partial charge on any atom is -0.384 e. The lowest BCUT2D eigenvalue weighted by atomic mass is 9.99. The van der Waals surface area contributed by atoms with Crippen molar-refractivity contribution in [3.8, 4) is 11.4 Å². The van der Waals surface area contributed by atoms with E-state index in [9.17, 15) is 0 Å². The summed E-state index contributed by atoms with van der Waals surface area (Å²) in [5, 5.41) is 0. The first-order valence-corrected chi connectivity index (χ1v) is 5.24. The van der Waals surface area contributed by atoms with Crippen molar-refractivity contribution in [1.29, 1.82) is 0 Å². The Balaban J connectivity index is 2.64. The number of aromatic nitrogens is 2. The highest BCUT2D eigenvalue weighted by atomic mass is 14.9. The number of anilines is 1. The third-order valence-electron chi connectivity index (χ3n) is 2.58. The molecule has 0 radical (unpaired) electrons. The summed E-state index contributed by atoms with van der Waals surface area (Å²) < 4.78 is 0. The zero-order valence-corrected chi connectivity index (χ0v) is 9.78. The summed E-state index contributed by atoms with van der Waals surface area (Å²) in [5.74, 6) is 1.21. The fraction of sp³-hybridized carbons (Fsp3) is 0.231. The second kappa shape index (κ2) is 3.93. The van der Waals surface area contributed by atoms with E-state index in [1.165, 1.54) is 16.7 Å². The molecular weight excluding hydrogens is 198 g/mol. The van der Waals surface area contributed by atoms with Crippen molar-refractivity contribution in [3.63, 3.8) is 0 Å². The predicted molar refractivity (Wildman–Crippen MR) is 66.1 cm³/mol. The Bertz CT molecular complexity index is 509. The molecule has 16 heavy (non-hydrogen) atoms. The van der Waals surface area contributed by atoms with Crippen LogP contribution in [0.5, 0.6) is 0 Å². The number of nitrogens with zero attached hydrogens (tertiary/aromatic N) is 2. The normalized spacial score (nSPS) is 10.4. The van der Waals surface area contributed by atoms with Crippen molar-refractivity contribution in [2.45, 2.75) is 20.8 Å². The van der Waals surface area contributed by atoms with Gasteiger partial charge in [-0.2, -0.15) is 0 Å². The molecule has 0 atom stereocenters. The van der Waals surface area contributed by atoms with Crippen LogP contribution in [0.25, 0.3) is 11.4 Å². The van der Waals surface area contributed by atoms with Crippen molar-refractivity contribution in [1.82, 2.24) is 9.97 Å². The summed E-state index contributed by atoms with van der Waals surface area (Å²) in [5.41, 5.74) is 10.4. The molecule has 3 heteroatoms. The molecule has 2 rings (SSSR count). The molecule has 0 spiro atoms. The largest absolute Gasteiger partial charge is 0.384 e. The monoisotopic (exact) mass is 213 g/mol. The van der Waals surface area contributed by atoms with Gasteiger partial charge in [0.25, 0.3) is 0 Å². The predicted octanol–water partition coefficient (Wildman–Crippen LogP) is 2.65. The molecule has 2 aromatic rings. The van der Waals surface area contributed by atoms with Gasteiger partial charge in [-0.3, -0.25) is 0 Å². The quantitative estimate of drug-likeness (QED) is 0.792. The summed E-state index contributed by atoms with van der Waals surface area (Å²) in [6.45, 7) is 6.23. The van der Waals surface area contributed by atoms with Gasteiger partial charge in [-0.25, -0.2) is 9.97 Å². The van der Waals surface area contributed by atoms with Gasteiger partial charge in [-0.1, -0.05) is 17.7 Å². The van der Waals surface area contributed by atoms with Gasteiger partial charge in [0.05, 0.1) is 0 Å². The maximum atomic E-state index is 5.67. The standard InChI is InChI=1S/C13H15N3/c1-8-6-9(2)12(10(3)7-8)13-15-5-4-11(14)16-13/h4-7H,1-3H3,(H2,14,15,16). The first-order valence-electron chi connectivity index (χ1n) is 5.24. The number of hydrogen-bond acceptors (Lipinski definition) is 3. The van der Waals surface area contributed by atoms with E-state index in [1.54, 1.807) is 12.3 Å². The van der Waals surface area contributed by atoms with E-state index < -0.39 is 0 Å². The van der Waals surface area contributed by atoms with E-state index >= 15 is 0 Å². The zero-order chi connectivity index (χ0) is 11.7. The van der Waals surface area contributed by atoms with Crippen molar-refractivity contribution >= 4 is 5.82 Å². The number of aryl methyl sites for hydroxylation is 3. The minimum atomic E-state index is 0.504. The lowest BCUT2D eigenvalue weighted by Gasteiger charge is -2.09. The highest BCUT2D eigenvalue weighted by Gasteiger charge is 2.09. The molecule has 82 valence electrons. The number of hydrogen-bond donors (Lipinski definition) is 1. The summed E-state index contributed by atoms with van der Waals surface area (Å²) >= 11 is 0. The van der Waals surface area contributed by atoms with Crippen LogP contribution in [0.2, 0.25) is 0 Å². The van der Waals surface area contributed by atoms with E-state index in [1.807, 2.05) is 0 Å². The molecule has 3 nitrogen and oxygen atoms in total. The van der Waals surface area contributed by atoms with Gasteiger partial charge in [0.1, 0.15) is 5.82 Å². The van der Waals surface area contributed by atoms with Gasteiger partial charge in [0.2, 0.25) is 0 Å². The molecule has 0 unspecified atom stereocenters. The summed E-state index contributed by atoms with van der Waals surface area (Å²) in [6, 6.07) is 5.96. The van der Waals surface area contributed by atoms with Gasteiger partial charge in [0, 0.05) is 11.8 Å². The van der Waals surface area contributed by atoms with E-state index in [0.717, 1.165) is 5.56 Å². The average molecular weight is 213 g/mol. The van der Waals surface area contributed by atoms with Crippen LogP contribution >= 0.6 is 0 Å². The van der Waals surface area contributed by atoms with Gasteiger partial charge >= 0.3 is 0 Å². The Morgan fingerprint density at radius 3 is 2.25 bits per heavy atom. The SMILES string of the molecule is Cc1cc(C)c(-c2nccc(N)n2)c(C)c1. The Hall–Kier alpha value is -1.90. The third-order valence-corrected chi connectivity index (χ3v) is 2.58. The maximum Gasteiger partial charge on any atom is 0.162 e. The molecule has 1 heterocycles. The van der Waals surface area contributed by atoms with Crippen LogP contribution in [-0.4, -0.2) is 9.97 Å². The molecule has 0 amide bonds. The van der Waals surface area contributed by atoms with Crippen molar-refractivity contribution < 1.29 is 0 Å². The van der Waals surface area contributed by atoms with Crippen LogP contribution in [0.3, 0.4) is 0 Å². The van der Waals surface area contributed by atoms with Crippen molar-refractivity contribution in [3.05, 3.63) is 41.1 Å². The molecular formula is C13H15N3. The number of nitrogens with two attached hydrogens (primary N) is 1. The Kier molecular flexibility index (Phi) is 2.60. The fourth-order valence-electron chi connectivity index (χ4n) is 2.03. The van der Waals surface area contributed by atoms with Crippen LogP contribution in [0.4, 0.5) is 5.82 Å². The van der Waals surface area contributed by atoms with Crippen molar-refractivity contribution in [2.24, 2.45) is 0 Å². The average Bonchev–Trinajstić information content (AvgIpc) is 2.15. The summed E-state index contributed by atoms with van der Waals surface area (Å²) in [4.78, 5) is 8.53. The van der Waals surface area contributed by atoms with Crippen LogP contribution in [0.15, 0.2) is 24.4 Å². The summed E-state index contributed by atoms with van der Waals surface area (Å²) in [6.07, 6.45) is 1.69. The van der Waals surface area contributed by atoms with E-state index in [4.69, 9.17) is 5.73 Å². The molecule has 1 aromatic heterocycles. The Morgan fingerprint density at radius 2 is 1.69 bits per heavy atom. The van der Waals surface area contributed by atoms with Crippen LogP contribution in [-0.2, 0) is 0 Å². The van der Waals surface area contributed by atoms with E-state index in [-0.39, 0.29) is 0 Å². The fourth-order valence-corrected chi connectivity index (χ4v) is 2.03. The highest BCUT2D eigenvalue weighted by molar-refractivity contribution is 5.65. The number of benzene rings is 1. The van der Waals surface area contributed by atoms with Gasteiger partial charge in [-0.15, -0.1) is 0 Å². The molecule has 1 aromatic carbocycles. The second-order valence-corrected chi connectivity index (χ2v) is 4.08. The molecule has 2 N–H and O–H groups in total. The maximum absolute atomic E-state index is 5.67. The van der Waals surface area contributed by atoms with E-state index in [0.29, 0.717) is 11.6 Å². The minimum absolute atomic E-state index is 0.504.